The normalized spacial score (nSPS) is 23.2. The Labute approximate surface area is 155 Å². The van der Waals surface area contributed by atoms with Crippen molar-refractivity contribution in [2.24, 2.45) is 4.99 Å². The summed E-state index contributed by atoms with van der Waals surface area (Å²) in [6, 6.07) is 9.32. The lowest BCUT2D eigenvalue weighted by Crippen LogP contribution is -2.50. The van der Waals surface area contributed by atoms with Crippen LogP contribution in [-0.4, -0.2) is 37.7 Å². The fourth-order valence-electron chi connectivity index (χ4n) is 3.43. The lowest BCUT2D eigenvalue weighted by atomic mass is 9.68. The lowest BCUT2D eigenvalue weighted by Gasteiger charge is -2.41. The Morgan fingerprint density at radius 3 is 2.44 bits per heavy atom. The molecule has 1 aliphatic rings. The highest BCUT2D eigenvalue weighted by molar-refractivity contribution is 5.82. The third-order valence-corrected chi connectivity index (χ3v) is 4.91. The van der Waals surface area contributed by atoms with Crippen LogP contribution in [0.25, 0.3) is 0 Å². The summed E-state index contributed by atoms with van der Waals surface area (Å²) in [5, 5.41) is 16.3. The number of nitrogens with zero attached hydrogens (tertiary/aromatic N) is 2. The quantitative estimate of drug-likeness (QED) is 0.323. The first-order valence-electron chi connectivity index (χ1n) is 8.60. The number of nitrogens with one attached hydrogen (secondary N) is 3. The molecule has 9 heteroatoms. The second-order valence-electron chi connectivity index (χ2n) is 6.55. The summed E-state index contributed by atoms with van der Waals surface area (Å²) in [6.07, 6.45) is -0.570. The maximum Gasteiger partial charge on any atom is 0.471 e. The molecular weight excluding hydrogens is 359 g/mol. The van der Waals surface area contributed by atoms with Gasteiger partial charge in [0.15, 0.2) is 6.19 Å². The summed E-state index contributed by atoms with van der Waals surface area (Å²) in [7, 11) is 1.55. The molecule has 0 unspecified atom stereocenters. The average Bonchev–Trinajstić information content (AvgIpc) is 2.67. The van der Waals surface area contributed by atoms with Gasteiger partial charge in [-0.3, -0.25) is 15.1 Å². The van der Waals surface area contributed by atoms with E-state index >= 15 is 0 Å². The largest absolute Gasteiger partial charge is 0.471 e. The van der Waals surface area contributed by atoms with Crippen molar-refractivity contribution < 1.29 is 18.0 Å². The predicted molar refractivity (Wildman–Crippen MR) is 94.7 cm³/mol. The average molecular weight is 381 g/mol. The predicted octanol–water partition coefficient (Wildman–Crippen LogP) is 2.19. The first-order valence-corrected chi connectivity index (χ1v) is 8.60. The highest BCUT2D eigenvalue weighted by Gasteiger charge is 2.42. The molecule has 3 N–H and O–H groups in total. The summed E-state index contributed by atoms with van der Waals surface area (Å²) in [4.78, 5) is 15.2. The number of carbonyl (C=O) groups is 1. The molecule has 1 aromatic carbocycles. The van der Waals surface area contributed by atoms with E-state index in [1.165, 1.54) is 0 Å². The number of benzene rings is 1. The van der Waals surface area contributed by atoms with Crippen molar-refractivity contribution in [2.75, 3.05) is 13.6 Å². The second-order valence-corrected chi connectivity index (χ2v) is 6.55. The summed E-state index contributed by atoms with van der Waals surface area (Å²) >= 11 is 0. The number of halogens is 3. The van der Waals surface area contributed by atoms with E-state index in [1.807, 2.05) is 30.3 Å². The Kier molecular flexibility index (Phi) is 6.66. The molecule has 0 aromatic heterocycles. The molecule has 1 amide bonds. The smallest absolute Gasteiger partial charge is 0.353 e. The number of guanidine groups is 1. The number of hydrogen-bond acceptors (Lipinski definition) is 3. The zero-order chi connectivity index (χ0) is 19.9. The molecule has 0 spiro atoms. The van der Waals surface area contributed by atoms with E-state index in [-0.39, 0.29) is 12.6 Å². The molecule has 27 heavy (non-hydrogen) atoms. The molecule has 1 aliphatic carbocycles. The van der Waals surface area contributed by atoms with Crippen molar-refractivity contribution in [1.29, 1.82) is 5.26 Å². The first kappa shape index (κ1) is 20.6. The fourth-order valence-corrected chi connectivity index (χ4v) is 3.43. The van der Waals surface area contributed by atoms with E-state index in [0.29, 0.717) is 31.6 Å². The number of nitriles is 1. The minimum absolute atomic E-state index is 0.0414. The molecule has 1 aromatic rings. The van der Waals surface area contributed by atoms with Gasteiger partial charge in [0.2, 0.25) is 5.96 Å². The third-order valence-electron chi connectivity index (χ3n) is 4.91. The standard InChI is InChI=1S/C18H22F3N5O/c1-23-16(25-12-22)26-14-7-9-17(10-8-14,13-5-3-2-4-6-13)11-24-15(27)18(19,20)21/h2-6,14H,7-11H2,1H3,(H,24,27)(H2,23,25,26). The van der Waals surface area contributed by atoms with Crippen molar-refractivity contribution in [3.8, 4) is 6.19 Å². The summed E-state index contributed by atoms with van der Waals surface area (Å²) in [5.41, 5.74) is 0.345. The number of amides is 1. The van der Waals surface area contributed by atoms with Gasteiger partial charge in [-0.25, -0.2) is 0 Å². The molecule has 1 fully saturated rings. The van der Waals surface area contributed by atoms with Gasteiger partial charge in [-0.15, -0.1) is 0 Å². The fraction of sp³-hybridized carbons (Fsp3) is 0.500. The van der Waals surface area contributed by atoms with Crippen LogP contribution in [0, 0.1) is 11.5 Å². The van der Waals surface area contributed by atoms with Crippen LogP contribution in [0.1, 0.15) is 31.2 Å². The van der Waals surface area contributed by atoms with Gasteiger partial charge in [0.25, 0.3) is 0 Å². The number of rotatable bonds is 4. The molecule has 6 nitrogen and oxygen atoms in total. The topological polar surface area (TPSA) is 89.3 Å². The van der Waals surface area contributed by atoms with Gasteiger partial charge in [0.05, 0.1) is 0 Å². The van der Waals surface area contributed by atoms with Crippen LogP contribution in [-0.2, 0) is 10.2 Å². The molecule has 0 bridgehead atoms. The van der Waals surface area contributed by atoms with Crippen LogP contribution in [0.4, 0.5) is 13.2 Å². The zero-order valence-electron chi connectivity index (χ0n) is 14.9. The van der Waals surface area contributed by atoms with Gasteiger partial charge in [0, 0.05) is 25.0 Å². The zero-order valence-corrected chi connectivity index (χ0v) is 14.9. The van der Waals surface area contributed by atoms with Crippen molar-refractivity contribution >= 4 is 11.9 Å². The minimum Gasteiger partial charge on any atom is -0.353 e. The van der Waals surface area contributed by atoms with Gasteiger partial charge in [-0.1, -0.05) is 30.3 Å². The molecule has 1 saturated carbocycles. The van der Waals surface area contributed by atoms with E-state index < -0.39 is 17.5 Å². The van der Waals surface area contributed by atoms with Gasteiger partial charge in [0.1, 0.15) is 0 Å². The monoisotopic (exact) mass is 381 g/mol. The summed E-state index contributed by atoms with van der Waals surface area (Å²) < 4.78 is 37.7. The van der Waals surface area contributed by atoms with Gasteiger partial charge in [-0.05, 0) is 31.2 Å². The third kappa shape index (κ3) is 5.36. The van der Waals surface area contributed by atoms with E-state index in [0.717, 1.165) is 5.56 Å². The molecule has 0 heterocycles. The SMILES string of the molecule is CN=C(NC#N)NC1CCC(CNC(=O)C(F)(F)F)(c2ccccc2)CC1. The molecule has 0 radical (unpaired) electrons. The van der Waals surface area contributed by atoms with E-state index in [4.69, 9.17) is 5.26 Å². The molecule has 0 aliphatic heterocycles. The molecule has 2 rings (SSSR count). The van der Waals surface area contributed by atoms with Crippen LogP contribution < -0.4 is 16.0 Å². The lowest BCUT2D eigenvalue weighted by molar-refractivity contribution is -0.173. The number of aliphatic imine (C=N–C) groups is 1. The van der Waals surface area contributed by atoms with Crippen molar-refractivity contribution in [3.05, 3.63) is 35.9 Å². The highest BCUT2D eigenvalue weighted by atomic mass is 19.4. The van der Waals surface area contributed by atoms with Gasteiger partial charge < -0.3 is 10.6 Å². The van der Waals surface area contributed by atoms with Gasteiger partial charge in [-0.2, -0.15) is 18.4 Å². The van der Waals surface area contributed by atoms with Crippen molar-refractivity contribution in [2.45, 2.75) is 43.3 Å². The van der Waals surface area contributed by atoms with Crippen LogP contribution in [0.2, 0.25) is 0 Å². The van der Waals surface area contributed by atoms with Crippen LogP contribution >= 0.6 is 0 Å². The maximum absolute atomic E-state index is 12.6. The van der Waals surface area contributed by atoms with E-state index in [1.54, 1.807) is 13.2 Å². The summed E-state index contributed by atoms with van der Waals surface area (Å²) in [6.45, 7) is -0.0761. The Morgan fingerprint density at radius 2 is 1.93 bits per heavy atom. The number of carbonyl (C=O) groups excluding carboxylic acids is 1. The van der Waals surface area contributed by atoms with Gasteiger partial charge >= 0.3 is 12.1 Å². The number of alkyl halides is 3. The highest BCUT2D eigenvalue weighted by Crippen LogP contribution is 2.39. The van der Waals surface area contributed by atoms with Crippen LogP contribution in [0.3, 0.4) is 0 Å². The second kappa shape index (κ2) is 8.75. The maximum atomic E-state index is 12.6. The Balaban J connectivity index is 2.10. The van der Waals surface area contributed by atoms with Crippen molar-refractivity contribution in [3.63, 3.8) is 0 Å². The first-order chi connectivity index (χ1) is 12.8. The summed E-state index contributed by atoms with van der Waals surface area (Å²) in [5.74, 6) is -1.56. The van der Waals surface area contributed by atoms with E-state index in [2.05, 4.69) is 20.9 Å². The van der Waals surface area contributed by atoms with Crippen LogP contribution in [0.5, 0.6) is 0 Å². The minimum atomic E-state index is -4.90. The number of hydrogen-bond donors (Lipinski definition) is 3. The van der Waals surface area contributed by atoms with Crippen molar-refractivity contribution in [1.82, 2.24) is 16.0 Å². The Hall–Kier alpha value is -2.76. The Bertz CT molecular complexity index is 704. The molecular formula is C18H22F3N5O. The van der Waals surface area contributed by atoms with Crippen LogP contribution in [0.15, 0.2) is 35.3 Å². The molecule has 0 atom stereocenters. The molecule has 146 valence electrons. The molecule has 0 saturated heterocycles. The Morgan fingerprint density at radius 1 is 1.30 bits per heavy atom. The van der Waals surface area contributed by atoms with E-state index in [9.17, 15) is 18.0 Å².